The van der Waals surface area contributed by atoms with Crippen LogP contribution in [0.25, 0.3) is 0 Å². The molecule has 0 saturated carbocycles. The van der Waals surface area contributed by atoms with E-state index in [2.05, 4.69) is 4.98 Å². The van der Waals surface area contributed by atoms with Gasteiger partial charge in [-0.05, 0) is 39.3 Å². The summed E-state index contributed by atoms with van der Waals surface area (Å²) in [7, 11) is 0. The molecule has 126 valence electrons. The van der Waals surface area contributed by atoms with Crippen LogP contribution >= 0.6 is 0 Å². The molecule has 23 heavy (non-hydrogen) atoms. The van der Waals surface area contributed by atoms with E-state index in [1.54, 1.807) is 33.0 Å². The van der Waals surface area contributed by atoms with Crippen LogP contribution < -0.4 is 4.74 Å². The summed E-state index contributed by atoms with van der Waals surface area (Å²) >= 11 is 0. The predicted molar refractivity (Wildman–Crippen MR) is 82.4 cm³/mol. The zero-order chi connectivity index (χ0) is 17.2. The number of hydrogen-bond donors (Lipinski definition) is 1. The third-order valence-corrected chi connectivity index (χ3v) is 3.35. The van der Waals surface area contributed by atoms with Crippen molar-refractivity contribution in [1.82, 2.24) is 9.88 Å². The van der Waals surface area contributed by atoms with Crippen LogP contribution in [-0.2, 0) is 9.53 Å². The lowest BCUT2D eigenvalue weighted by Gasteiger charge is -2.26. The normalized spacial score (nSPS) is 21.1. The molecule has 0 radical (unpaired) electrons. The van der Waals surface area contributed by atoms with E-state index < -0.39 is 29.8 Å². The van der Waals surface area contributed by atoms with Crippen molar-refractivity contribution in [3.8, 4) is 5.88 Å². The number of carboxylic acid groups (broad SMARTS) is 1. The average Bonchev–Trinajstić information content (AvgIpc) is 2.81. The standard InChI is InChI=1S/C16H22N2O5/c1-10-5-6-17-13(7-10)22-11-8-12(14(19)20)18(9-11)15(21)23-16(2,3)4/h5-7,11-12H,8-9H2,1-4H3,(H,19,20)/t11-,12-/m0/s1. The highest BCUT2D eigenvalue weighted by Crippen LogP contribution is 2.24. The topological polar surface area (TPSA) is 89.0 Å². The van der Waals surface area contributed by atoms with Crippen molar-refractivity contribution >= 4 is 12.1 Å². The fourth-order valence-electron chi connectivity index (χ4n) is 2.38. The number of amides is 1. The smallest absolute Gasteiger partial charge is 0.411 e. The van der Waals surface area contributed by atoms with E-state index in [0.29, 0.717) is 5.88 Å². The van der Waals surface area contributed by atoms with E-state index in [-0.39, 0.29) is 13.0 Å². The lowest BCUT2D eigenvalue weighted by Crippen LogP contribution is -2.43. The van der Waals surface area contributed by atoms with Gasteiger partial charge in [-0.25, -0.2) is 14.6 Å². The number of nitrogens with zero attached hydrogens (tertiary/aromatic N) is 2. The molecule has 0 bridgehead atoms. The molecular formula is C16H22N2O5. The molecule has 1 aromatic heterocycles. The first kappa shape index (κ1) is 17.1. The van der Waals surface area contributed by atoms with Gasteiger partial charge in [0.15, 0.2) is 0 Å². The maximum absolute atomic E-state index is 12.2. The summed E-state index contributed by atoms with van der Waals surface area (Å²) in [5.74, 6) is -0.649. The first-order valence-electron chi connectivity index (χ1n) is 7.47. The van der Waals surface area contributed by atoms with Gasteiger partial charge >= 0.3 is 12.1 Å². The molecule has 2 rings (SSSR count). The molecule has 7 heteroatoms. The largest absolute Gasteiger partial charge is 0.480 e. The van der Waals surface area contributed by atoms with E-state index in [1.165, 1.54) is 4.90 Å². The summed E-state index contributed by atoms with van der Waals surface area (Å²) in [5, 5.41) is 9.34. The number of carboxylic acids is 1. The van der Waals surface area contributed by atoms with Crippen LogP contribution in [0.1, 0.15) is 32.8 Å². The van der Waals surface area contributed by atoms with Crippen LogP contribution in [0.3, 0.4) is 0 Å². The molecule has 0 unspecified atom stereocenters. The molecule has 2 heterocycles. The predicted octanol–water partition coefficient (Wildman–Crippen LogP) is 2.23. The Kier molecular flexibility index (Phi) is 4.77. The van der Waals surface area contributed by atoms with Crippen molar-refractivity contribution in [3.05, 3.63) is 23.9 Å². The minimum Gasteiger partial charge on any atom is -0.480 e. The Morgan fingerprint density at radius 2 is 2.09 bits per heavy atom. The number of carbonyl (C=O) groups is 2. The number of aromatic nitrogens is 1. The number of carbonyl (C=O) groups excluding carboxylic acids is 1. The Balaban J connectivity index is 2.08. The maximum atomic E-state index is 12.2. The van der Waals surface area contributed by atoms with Crippen LogP contribution in [-0.4, -0.2) is 51.3 Å². The molecule has 1 fully saturated rings. The minimum atomic E-state index is -1.07. The number of rotatable bonds is 3. The molecule has 1 amide bonds. The van der Waals surface area contributed by atoms with Crippen LogP contribution in [0.2, 0.25) is 0 Å². The summed E-state index contributed by atoms with van der Waals surface area (Å²) in [4.78, 5) is 28.9. The Morgan fingerprint density at radius 3 is 2.65 bits per heavy atom. The third kappa shape index (κ3) is 4.58. The van der Waals surface area contributed by atoms with Gasteiger partial charge in [-0.3, -0.25) is 4.90 Å². The van der Waals surface area contributed by atoms with Gasteiger partial charge in [0.25, 0.3) is 0 Å². The van der Waals surface area contributed by atoms with E-state index in [1.807, 2.05) is 13.0 Å². The highest BCUT2D eigenvalue weighted by molar-refractivity contribution is 5.81. The highest BCUT2D eigenvalue weighted by Gasteiger charge is 2.42. The van der Waals surface area contributed by atoms with Gasteiger partial charge < -0.3 is 14.6 Å². The van der Waals surface area contributed by atoms with E-state index >= 15 is 0 Å². The number of pyridine rings is 1. The van der Waals surface area contributed by atoms with Gasteiger partial charge in [-0.2, -0.15) is 0 Å². The Bertz CT molecular complexity index is 596. The quantitative estimate of drug-likeness (QED) is 0.918. The molecule has 2 atom stereocenters. The van der Waals surface area contributed by atoms with E-state index in [4.69, 9.17) is 9.47 Å². The van der Waals surface area contributed by atoms with Crippen molar-refractivity contribution in [1.29, 1.82) is 0 Å². The van der Waals surface area contributed by atoms with Crippen molar-refractivity contribution < 1.29 is 24.2 Å². The second-order valence-electron chi connectivity index (χ2n) is 6.63. The maximum Gasteiger partial charge on any atom is 0.411 e. The van der Waals surface area contributed by atoms with E-state index in [0.717, 1.165) is 5.56 Å². The van der Waals surface area contributed by atoms with Gasteiger partial charge in [-0.15, -0.1) is 0 Å². The van der Waals surface area contributed by atoms with Gasteiger partial charge in [0, 0.05) is 18.7 Å². The van der Waals surface area contributed by atoms with Gasteiger partial charge in [0.2, 0.25) is 5.88 Å². The highest BCUT2D eigenvalue weighted by atomic mass is 16.6. The number of aryl methyl sites for hydroxylation is 1. The molecule has 0 spiro atoms. The Hall–Kier alpha value is -2.31. The lowest BCUT2D eigenvalue weighted by molar-refractivity contribution is -0.142. The summed E-state index contributed by atoms with van der Waals surface area (Å²) < 4.78 is 11.0. The zero-order valence-electron chi connectivity index (χ0n) is 13.8. The lowest BCUT2D eigenvalue weighted by atomic mass is 10.2. The van der Waals surface area contributed by atoms with Crippen LogP contribution in [0.15, 0.2) is 18.3 Å². The van der Waals surface area contributed by atoms with Gasteiger partial charge in [0.05, 0.1) is 6.54 Å². The second kappa shape index (κ2) is 6.44. The summed E-state index contributed by atoms with van der Waals surface area (Å²) in [6.07, 6.45) is 0.746. The Labute approximate surface area is 135 Å². The number of ether oxygens (including phenoxy) is 2. The third-order valence-electron chi connectivity index (χ3n) is 3.35. The van der Waals surface area contributed by atoms with Crippen molar-refractivity contribution in [2.45, 2.75) is 51.9 Å². The fourth-order valence-corrected chi connectivity index (χ4v) is 2.38. The first-order valence-corrected chi connectivity index (χ1v) is 7.47. The Morgan fingerprint density at radius 1 is 1.39 bits per heavy atom. The average molecular weight is 322 g/mol. The fraction of sp³-hybridized carbons (Fsp3) is 0.562. The first-order chi connectivity index (χ1) is 10.7. The monoisotopic (exact) mass is 322 g/mol. The zero-order valence-corrected chi connectivity index (χ0v) is 13.8. The summed E-state index contributed by atoms with van der Waals surface area (Å²) in [5.41, 5.74) is 0.309. The molecule has 1 N–H and O–H groups in total. The summed E-state index contributed by atoms with van der Waals surface area (Å²) in [6.45, 7) is 7.28. The number of hydrogen-bond acceptors (Lipinski definition) is 5. The molecular weight excluding hydrogens is 300 g/mol. The molecule has 7 nitrogen and oxygen atoms in total. The van der Waals surface area contributed by atoms with Gasteiger partial charge in [0.1, 0.15) is 17.7 Å². The molecule has 1 aliphatic heterocycles. The number of aliphatic carboxylic acids is 1. The van der Waals surface area contributed by atoms with Crippen LogP contribution in [0.4, 0.5) is 4.79 Å². The van der Waals surface area contributed by atoms with Crippen LogP contribution in [0, 0.1) is 6.92 Å². The molecule has 0 aliphatic carbocycles. The second-order valence-corrected chi connectivity index (χ2v) is 6.63. The van der Waals surface area contributed by atoms with Crippen molar-refractivity contribution in [3.63, 3.8) is 0 Å². The molecule has 1 aromatic rings. The summed E-state index contributed by atoms with van der Waals surface area (Å²) in [6, 6.07) is 2.65. The van der Waals surface area contributed by atoms with Gasteiger partial charge in [-0.1, -0.05) is 0 Å². The molecule has 0 aromatic carbocycles. The van der Waals surface area contributed by atoms with Crippen molar-refractivity contribution in [2.75, 3.05) is 6.54 Å². The SMILES string of the molecule is Cc1ccnc(O[C@H]2C[C@@H](C(=O)O)N(C(=O)OC(C)(C)C)C2)c1. The minimum absolute atomic E-state index is 0.154. The van der Waals surface area contributed by atoms with Crippen LogP contribution in [0.5, 0.6) is 5.88 Å². The molecule has 1 aliphatic rings. The van der Waals surface area contributed by atoms with E-state index in [9.17, 15) is 14.7 Å². The van der Waals surface area contributed by atoms with Crippen molar-refractivity contribution in [2.24, 2.45) is 0 Å². The molecule has 1 saturated heterocycles. The number of likely N-dealkylation sites (tertiary alicyclic amines) is 1.